The number of rotatable bonds is 2. The van der Waals surface area contributed by atoms with Gasteiger partial charge in [0.05, 0.1) is 0 Å². The molecule has 2 rings (SSSR count). The largest absolute Gasteiger partial charge is 0.314 e. The molecular weight excluding hydrogens is 227 g/mol. The quantitative estimate of drug-likeness (QED) is 0.856. The number of hydrogen-bond acceptors (Lipinski definition) is 2. The van der Waals surface area contributed by atoms with Gasteiger partial charge in [0.2, 0.25) is 0 Å². The van der Waals surface area contributed by atoms with Crippen LogP contribution in [0.2, 0.25) is 5.02 Å². The third-order valence-electron chi connectivity index (χ3n) is 2.95. The number of nitrogens with zero attached hydrogens (tertiary/aromatic N) is 1. The molecule has 1 heterocycles. The van der Waals surface area contributed by atoms with Crippen molar-refractivity contribution in [3.05, 3.63) is 34.6 Å². The molecule has 1 unspecified atom stereocenters. The molecule has 0 radical (unpaired) electrons. The highest BCUT2D eigenvalue weighted by atomic mass is 35.5. The summed E-state index contributed by atoms with van der Waals surface area (Å²) in [5, 5.41) is 3.80. The lowest BCUT2D eigenvalue weighted by Gasteiger charge is -2.33. The van der Waals surface area contributed by atoms with Crippen LogP contribution in [-0.4, -0.2) is 30.6 Å². The van der Waals surface area contributed by atoms with E-state index in [1.165, 1.54) is 6.07 Å². The van der Waals surface area contributed by atoms with Gasteiger partial charge in [0, 0.05) is 37.2 Å². The predicted molar refractivity (Wildman–Crippen MR) is 64.2 cm³/mol. The van der Waals surface area contributed by atoms with Crippen LogP contribution in [0.3, 0.4) is 0 Å². The van der Waals surface area contributed by atoms with Gasteiger partial charge in [-0.3, -0.25) is 4.90 Å². The molecule has 4 heteroatoms. The van der Waals surface area contributed by atoms with Crippen molar-refractivity contribution in [2.75, 3.05) is 19.6 Å². The zero-order valence-electron chi connectivity index (χ0n) is 9.34. The number of nitrogens with one attached hydrogen (secondary N) is 1. The van der Waals surface area contributed by atoms with Crippen LogP contribution in [0.4, 0.5) is 4.39 Å². The first kappa shape index (κ1) is 11.8. The minimum Gasteiger partial charge on any atom is -0.314 e. The van der Waals surface area contributed by atoms with Gasteiger partial charge in [-0.15, -0.1) is 0 Å². The van der Waals surface area contributed by atoms with Crippen LogP contribution in [0, 0.1) is 5.82 Å². The van der Waals surface area contributed by atoms with Crippen LogP contribution in [-0.2, 0) is 6.54 Å². The summed E-state index contributed by atoms with van der Waals surface area (Å²) < 4.78 is 13.2. The molecule has 1 aromatic carbocycles. The summed E-state index contributed by atoms with van der Waals surface area (Å²) in [7, 11) is 0. The van der Waals surface area contributed by atoms with Gasteiger partial charge >= 0.3 is 0 Å². The Morgan fingerprint density at radius 3 is 3.00 bits per heavy atom. The molecule has 1 saturated heterocycles. The molecule has 1 aliphatic rings. The first-order chi connectivity index (χ1) is 7.65. The lowest BCUT2D eigenvalue weighted by molar-refractivity contribution is 0.165. The Morgan fingerprint density at radius 2 is 2.31 bits per heavy atom. The average Bonchev–Trinajstić information content (AvgIpc) is 2.20. The van der Waals surface area contributed by atoms with E-state index in [0.717, 1.165) is 31.7 Å². The molecule has 16 heavy (non-hydrogen) atoms. The normalized spacial score (nSPS) is 22.3. The number of benzene rings is 1. The van der Waals surface area contributed by atoms with Crippen molar-refractivity contribution in [3.63, 3.8) is 0 Å². The van der Waals surface area contributed by atoms with Crippen molar-refractivity contribution >= 4 is 11.6 Å². The van der Waals surface area contributed by atoms with Crippen molar-refractivity contribution in [1.82, 2.24) is 10.2 Å². The molecule has 88 valence electrons. The summed E-state index contributed by atoms with van der Waals surface area (Å²) in [5.74, 6) is -0.259. The molecule has 0 bridgehead atoms. The fraction of sp³-hybridized carbons (Fsp3) is 0.500. The first-order valence-corrected chi connectivity index (χ1v) is 5.92. The van der Waals surface area contributed by atoms with E-state index >= 15 is 0 Å². The highest BCUT2D eigenvalue weighted by molar-refractivity contribution is 6.30. The molecule has 0 spiro atoms. The zero-order chi connectivity index (χ0) is 11.5. The van der Waals surface area contributed by atoms with Crippen molar-refractivity contribution in [3.8, 4) is 0 Å². The van der Waals surface area contributed by atoms with Gasteiger partial charge in [-0.05, 0) is 30.7 Å². The molecular formula is C12H16ClFN2. The lowest BCUT2D eigenvalue weighted by Crippen LogP contribution is -2.49. The minimum atomic E-state index is -0.259. The second-order valence-electron chi connectivity index (χ2n) is 4.30. The topological polar surface area (TPSA) is 15.3 Å². The lowest BCUT2D eigenvalue weighted by atomic mass is 10.1. The van der Waals surface area contributed by atoms with E-state index in [1.807, 2.05) is 6.07 Å². The van der Waals surface area contributed by atoms with E-state index < -0.39 is 0 Å². The van der Waals surface area contributed by atoms with Crippen LogP contribution in [0.25, 0.3) is 0 Å². The summed E-state index contributed by atoms with van der Waals surface area (Å²) in [6, 6.07) is 5.21. The van der Waals surface area contributed by atoms with Gasteiger partial charge in [-0.25, -0.2) is 4.39 Å². The van der Waals surface area contributed by atoms with Crippen molar-refractivity contribution in [2.24, 2.45) is 0 Å². The standard InChI is InChI=1S/C12H16ClFN2/c1-9-7-15-2-3-16(9)8-10-4-11(13)6-12(14)5-10/h4-6,9,15H,2-3,7-8H2,1H3. The summed E-state index contributed by atoms with van der Waals surface area (Å²) in [5.41, 5.74) is 0.943. The van der Waals surface area contributed by atoms with Crippen molar-refractivity contribution < 1.29 is 4.39 Å². The van der Waals surface area contributed by atoms with E-state index in [-0.39, 0.29) is 5.82 Å². The second kappa shape index (κ2) is 5.13. The van der Waals surface area contributed by atoms with Gasteiger partial charge in [-0.1, -0.05) is 11.6 Å². The minimum absolute atomic E-state index is 0.259. The van der Waals surface area contributed by atoms with E-state index in [2.05, 4.69) is 17.1 Å². The molecule has 0 aromatic heterocycles. The summed E-state index contributed by atoms with van der Waals surface area (Å²) in [4.78, 5) is 2.33. The van der Waals surface area contributed by atoms with Gasteiger partial charge in [0.25, 0.3) is 0 Å². The van der Waals surface area contributed by atoms with E-state index in [0.29, 0.717) is 11.1 Å². The highest BCUT2D eigenvalue weighted by Crippen LogP contribution is 2.17. The van der Waals surface area contributed by atoms with Gasteiger partial charge in [0.15, 0.2) is 0 Å². The van der Waals surface area contributed by atoms with Crippen molar-refractivity contribution in [2.45, 2.75) is 19.5 Å². The monoisotopic (exact) mass is 242 g/mol. The van der Waals surface area contributed by atoms with Crippen LogP contribution < -0.4 is 5.32 Å². The summed E-state index contributed by atoms with van der Waals surface area (Å²) >= 11 is 5.83. The predicted octanol–water partition coefficient (Wildman–Crippen LogP) is 2.27. The maximum atomic E-state index is 13.2. The maximum Gasteiger partial charge on any atom is 0.125 e. The smallest absolute Gasteiger partial charge is 0.125 e. The third-order valence-corrected chi connectivity index (χ3v) is 3.17. The van der Waals surface area contributed by atoms with Crippen LogP contribution in [0.5, 0.6) is 0 Å². The molecule has 1 atom stereocenters. The van der Waals surface area contributed by atoms with E-state index in [4.69, 9.17) is 11.6 Å². The Labute approximate surface area is 100 Å². The summed E-state index contributed by atoms with van der Waals surface area (Å²) in [6.45, 7) is 5.92. The Kier molecular flexibility index (Phi) is 3.79. The number of piperazine rings is 1. The third kappa shape index (κ3) is 2.94. The van der Waals surface area contributed by atoms with Crippen molar-refractivity contribution in [1.29, 1.82) is 0 Å². The van der Waals surface area contributed by atoms with Gasteiger partial charge in [0.1, 0.15) is 5.82 Å². The Morgan fingerprint density at radius 1 is 1.50 bits per heavy atom. The molecule has 0 saturated carbocycles. The fourth-order valence-corrected chi connectivity index (χ4v) is 2.30. The molecule has 1 N–H and O–H groups in total. The van der Waals surface area contributed by atoms with Crippen LogP contribution in [0.1, 0.15) is 12.5 Å². The molecule has 0 amide bonds. The highest BCUT2D eigenvalue weighted by Gasteiger charge is 2.17. The fourth-order valence-electron chi connectivity index (χ4n) is 2.05. The molecule has 0 aliphatic carbocycles. The molecule has 1 aromatic rings. The Balaban J connectivity index is 2.07. The molecule has 1 fully saturated rings. The van der Waals surface area contributed by atoms with E-state index in [1.54, 1.807) is 6.07 Å². The average molecular weight is 243 g/mol. The maximum absolute atomic E-state index is 13.2. The van der Waals surface area contributed by atoms with Gasteiger partial charge in [-0.2, -0.15) is 0 Å². The Bertz CT molecular complexity index is 350. The van der Waals surface area contributed by atoms with Crippen LogP contribution in [0.15, 0.2) is 18.2 Å². The second-order valence-corrected chi connectivity index (χ2v) is 4.74. The Hall–Kier alpha value is -0.640. The van der Waals surface area contributed by atoms with Crippen LogP contribution >= 0.6 is 11.6 Å². The number of halogens is 2. The molecule has 2 nitrogen and oxygen atoms in total. The first-order valence-electron chi connectivity index (χ1n) is 5.55. The zero-order valence-corrected chi connectivity index (χ0v) is 10.1. The van der Waals surface area contributed by atoms with E-state index in [9.17, 15) is 4.39 Å². The van der Waals surface area contributed by atoms with Gasteiger partial charge < -0.3 is 5.32 Å². The SMILES string of the molecule is CC1CNCCN1Cc1cc(F)cc(Cl)c1. The summed E-state index contributed by atoms with van der Waals surface area (Å²) in [6.07, 6.45) is 0. The molecule has 1 aliphatic heterocycles. The number of hydrogen-bond donors (Lipinski definition) is 1.